The highest BCUT2D eigenvalue weighted by molar-refractivity contribution is 6.89. The Kier molecular flexibility index (Phi) is 9.84. The summed E-state index contributed by atoms with van der Waals surface area (Å²) < 4.78 is 0. The molecule has 0 amide bonds. The van der Waals surface area contributed by atoms with Crippen molar-refractivity contribution in [3.8, 4) is 22.3 Å². The monoisotopic (exact) mass is 944 g/mol. The molecule has 4 heteroatoms. The fourth-order valence-electron chi connectivity index (χ4n) is 12.2. The number of rotatable bonds is 8. The van der Waals surface area contributed by atoms with E-state index in [-0.39, 0.29) is 0 Å². The lowest BCUT2D eigenvalue weighted by atomic mass is 9.68. The average Bonchev–Trinajstić information content (AvgIpc) is 3.87. The maximum absolute atomic E-state index is 2.46. The molecule has 0 saturated carbocycles. The molecular formula is C67H56N2Si2. The van der Waals surface area contributed by atoms with Crippen LogP contribution in [-0.4, -0.2) is 16.1 Å². The molecule has 13 rings (SSSR count). The summed E-state index contributed by atoms with van der Waals surface area (Å²) in [5, 5.41) is 10.5. The van der Waals surface area contributed by atoms with Crippen molar-refractivity contribution in [2.45, 2.75) is 44.7 Å². The van der Waals surface area contributed by atoms with Crippen molar-refractivity contribution in [3.05, 3.63) is 253 Å². The molecule has 0 aromatic heterocycles. The van der Waals surface area contributed by atoms with Crippen LogP contribution in [0.4, 0.5) is 34.1 Å². The highest BCUT2D eigenvalue weighted by atomic mass is 28.3. The lowest BCUT2D eigenvalue weighted by molar-refractivity contribution is 0.810. The molecule has 0 radical (unpaired) electrons. The molecule has 0 saturated heterocycles. The summed E-state index contributed by atoms with van der Waals surface area (Å²) in [5.74, 6) is 0. The summed E-state index contributed by atoms with van der Waals surface area (Å²) in [5.41, 5.74) is 17.1. The highest BCUT2D eigenvalue weighted by Crippen LogP contribution is 2.66. The number of para-hydroxylation sites is 2. The van der Waals surface area contributed by atoms with Crippen molar-refractivity contribution in [3.63, 3.8) is 0 Å². The third kappa shape index (κ3) is 6.73. The van der Waals surface area contributed by atoms with Gasteiger partial charge in [-0.3, -0.25) is 0 Å². The smallest absolute Gasteiger partial charge is 0.0776 e. The van der Waals surface area contributed by atoms with Crippen LogP contribution in [0, 0.1) is 0 Å². The molecule has 11 aromatic rings. The maximum Gasteiger partial charge on any atom is 0.0776 e. The van der Waals surface area contributed by atoms with Gasteiger partial charge in [-0.2, -0.15) is 0 Å². The van der Waals surface area contributed by atoms with E-state index in [2.05, 4.69) is 280 Å². The minimum atomic E-state index is -1.59. The molecule has 11 aromatic carbocycles. The summed E-state index contributed by atoms with van der Waals surface area (Å²) in [4.78, 5) is 4.89. The van der Waals surface area contributed by atoms with Gasteiger partial charge < -0.3 is 9.80 Å². The van der Waals surface area contributed by atoms with Gasteiger partial charge in [-0.05, 0) is 150 Å². The van der Waals surface area contributed by atoms with Gasteiger partial charge in [-0.25, -0.2) is 0 Å². The van der Waals surface area contributed by atoms with Crippen molar-refractivity contribution in [2.24, 2.45) is 0 Å². The predicted octanol–water partition coefficient (Wildman–Crippen LogP) is 17.5. The number of nitrogens with zero attached hydrogens (tertiary/aromatic N) is 2. The Morgan fingerprint density at radius 2 is 0.746 bits per heavy atom. The Morgan fingerprint density at radius 3 is 1.28 bits per heavy atom. The van der Waals surface area contributed by atoms with Crippen LogP contribution in [0.2, 0.25) is 39.3 Å². The second-order valence-corrected chi connectivity index (χ2v) is 31.9. The maximum atomic E-state index is 2.46. The second kappa shape index (κ2) is 16.1. The van der Waals surface area contributed by atoms with Crippen molar-refractivity contribution in [1.82, 2.24) is 0 Å². The molecule has 1 spiro atoms. The number of hydrogen-bond donors (Lipinski definition) is 0. The predicted molar refractivity (Wildman–Crippen MR) is 311 cm³/mol. The highest BCUT2D eigenvalue weighted by Gasteiger charge is 2.53. The van der Waals surface area contributed by atoms with E-state index in [1.807, 2.05) is 0 Å². The zero-order valence-corrected chi connectivity index (χ0v) is 43.3. The van der Waals surface area contributed by atoms with Gasteiger partial charge in [0, 0.05) is 34.1 Å². The van der Waals surface area contributed by atoms with Crippen LogP contribution in [0.1, 0.15) is 22.3 Å². The van der Waals surface area contributed by atoms with Crippen LogP contribution in [0.25, 0.3) is 54.6 Å². The van der Waals surface area contributed by atoms with Gasteiger partial charge in [0.2, 0.25) is 0 Å². The van der Waals surface area contributed by atoms with Crippen molar-refractivity contribution in [1.29, 1.82) is 0 Å². The van der Waals surface area contributed by atoms with Crippen molar-refractivity contribution >= 4 is 93.0 Å². The largest absolute Gasteiger partial charge is 0.310 e. The van der Waals surface area contributed by atoms with E-state index in [0.717, 1.165) is 22.7 Å². The van der Waals surface area contributed by atoms with E-state index < -0.39 is 21.6 Å². The van der Waals surface area contributed by atoms with E-state index in [1.54, 1.807) is 0 Å². The van der Waals surface area contributed by atoms with Crippen molar-refractivity contribution in [2.75, 3.05) is 9.80 Å². The third-order valence-electron chi connectivity index (χ3n) is 15.5. The average molecular weight is 945 g/mol. The summed E-state index contributed by atoms with van der Waals surface area (Å²) in [7, 11) is -3.18. The number of hydrogen-bond acceptors (Lipinski definition) is 2. The van der Waals surface area contributed by atoms with E-state index in [0.29, 0.717) is 0 Å². The van der Waals surface area contributed by atoms with Crippen LogP contribution in [0.15, 0.2) is 231 Å². The molecule has 2 nitrogen and oxygen atoms in total. The van der Waals surface area contributed by atoms with Crippen LogP contribution in [0.5, 0.6) is 0 Å². The Morgan fingerprint density at radius 1 is 0.296 bits per heavy atom. The molecule has 71 heavy (non-hydrogen) atoms. The Bertz CT molecular complexity index is 3730. The zero-order valence-electron chi connectivity index (χ0n) is 41.3. The normalized spacial score (nSPS) is 13.3. The number of anilines is 6. The molecule has 2 aliphatic rings. The van der Waals surface area contributed by atoms with Crippen LogP contribution >= 0.6 is 0 Å². The molecule has 0 aliphatic heterocycles. The van der Waals surface area contributed by atoms with Crippen molar-refractivity contribution < 1.29 is 0 Å². The van der Waals surface area contributed by atoms with Crippen LogP contribution < -0.4 is 20.2 Å². The lowest BCUT2D eigenvalue weighted by Crippen LogP contribution is -2.37. The first-order chi connectivity index (χ1) is 34.5. The van der Waals surface area contributed by atoms with Gasteiger partial charge in [0.15, 0.2) is 0 Å². The van der Waals surface area contributed by atoms with Gasteiger partial charge in [0.25, 0.3) is 0 Å². The minimum absolute atomic E-state index is 0.585. The lowest BCUT2D eigenvalue weighted by Gasteiger charge is -2.33. The SMILES string of the molecule is C[Si](C)(C)c1cccc(N(c2ccccc2)c2ccc3c4c(ccc3c2)-c2ccc3cc(N(c5ccccc5)c5cccc([Si](C)(C)C)c5)ccc3c2C42c3ccccc3-c3c2ccc2ccccc32)c1. The van der Waals surface area contributed by atoms with E-state index >= 15 is 0 Å². The first kappa shape index (κ1) is 43.3. The fraction of sp³-hybridized carbons (Fsp3) is 0.104. The second-order valence-electron chi connectivity index (χ2n) is 21.7. The zero-order chi connectivity index (χ0) is 48.2. The van der Waals surface area contributed by atoms with Gasteiger partial charge in [0.1, 0.15) is 0 Å². The molecule has 0 fully saturated rings. The van der Waals surface area contributed by atoms with E-state index in [9.17, 15) is 0 Å². The number of fused-ring (bicyclic) bond motifs is 16. The Hall–Kier alpha value is -7.77. The van der Waals surface area contributed by atoms with Gasteiger partial charge in [-0.15, -0.1) is 0 Å². The molecule has 0 N–H and O–H groups in total. The summed E-state index contributed by atoms with van der Waals surface area (Å²) in [6.07, 6.45) is 0. The molecular weight excluding hydrogens is 889 g/mol. The molecule has 0 atom stereocenters. The Balaban J connectivity index is 1.07. The third-order valence-corrected chi connectivity index (χ3v) is 19.6. The summed E-state index contributed by atoms with van der Waals surface area (Å²) >= 11 is 0. The molecule has 0 bridgehead atoms. The van der Waals surface area contributed by atoms with E-state index in [4.69, 9.17) is 0 Å². The standard InChI is InChI=1S/C67H56N2Si2/c1-70(2,3)54-26-17-24-50(43-54)68(48-20-9-7-10-21-48)52-34-38-57-46(41-52)31-36-59-60-37-32-47-42-53(69(49-22-11-8-12-23-49)51-25-18-27-55(44-51)71(4,5)6)35-39-58(47)66(60)67(65(57)59)62-30-16-15-29-61(62)64-56-28-14-13-19-45(56)33-40-63(64)67/h7-44H,1-6H3. The Labute approximate surface area is 420 Å². The van der Waals surface area contributed by atoms with Gasteiger partial charge >= 0.3 is 0 Å². The first-order valence-electron chi connectivity index (χ1n) is 25.2. The first-order valence-corrected chi connectivity index (χ1v) is 32.2. The summed E-state index contributed by atoms with van der Waals surface area (Å²) in [6, 6.07) is 87.4. The van der Waals surface area contributed by atoms with E-state index in [1.165, 1.54) is 98.6 Å². The van der Waals surface area contributed by atoms with Gasteiger partial charge in [-0.1, -0.05) is 207 Å². The topological polar surface area (TPSA) is 6.48 Å². The molecule has 2 aliphatic carbocycles. The molecule has 0 heterocycles. The minimum Gasteiger partial charge on any atom is -0.310 e. The fourth-order valence-corrected chi connectivity index (χ4v) is 14.5. The van der Waals surface area contributed by atoms with Crippen LogP contribution in [-0.2, 0) is 5.41 Å². The molecule has 0 unspecified atom stereocenters. The number of benzene rings is 11. The van der Waals surface area contributed by atoms with Gasteiger partial charge in [0.05, 0.1) is 21.6 Å². The van der Waals surface area contributed by atoms with Crippen LogP contribution in [0.3, 0.4) is 0 Å². The summed E-state index contributed by atoms with van der Waals surface area (Å²) in [6.45, 7) is 14.6. The quantitative estimate of drug-likeness (QED) is 0.140. The molecule has 342 valence electrons.